The fourth-order valence-electron chi connectivity index (χ4n) is 2.00. The molecule has 1 heterocycles. The molecule has 18 heavy (non-hydrogen) atoms. The van der Waals surface area contributed by atoms with Gasteiger partial charge in [-0.3, -0.25) is 0 Å². The first-order chi connectivity index (χ1) is 8.43. The SMILES string of the molecule is Cc1cc(C(O)C(C)(C)c2ccccc2)sc1Br. The molecule has 0 saturated heterocycles. The summed E-state index contributed by atoms with van der Waals surface area (Å²) in [4.78, 5) is 1.01. The molecule has 1 aromatic heterocycles. The minimum atomic E-state index is -0.491. The van der Waals surface area contributed by atoms with Crippen LogP contribution in [0.3, 0.4) is 0 Å². The lowest BCUT2D eigenvalue weighted by Gasteiger charge is -2.30. The first-order valence-corrected chi connectivity index (χ1v) is 7.53. The molecule has 2 rings (SSSR count). The van der Waals surface area contributed by atoms with Gasteiger partial charge in [-0.2, -0.15) is 0 Å². The van der Waals surface area contributed by atoms with Crippen LogP contribution in [0.4, 0.5) is 0 Å². The number of aryl methyl sites for hydroxylation is 1. The van der Waals surface area contributed by atoms with Gasteiger partial charge in [0.2, 0.25) is 0 Å². The first-order valence-electron chi connectivity index (χ1n) is 5.92. The van der Waals surface area contributed by atoms with Crippen molar-refractivity contribution in [3.05, 3.63) is 56.2 Å². The van der Waals surface area contributed by atoms with Crippen LogP contribution in [-0.4, -0.2) is 5.11 Å². The molecule has 0 aliphatic heterocycles. The Morgan fingerprint density at radius 2 is 1.83 bits per heavy atom. The largest absolute Gasteiger partial charge is 0.387 e. The molecule has 0 saturated carbocycles. The summed E-state index contributed by atoms with van der Waals surface area (Å²) in [5, 5.41) is 10.6. The van der Waals surface area contributed by atoms with Crippen molar-refractivity contribution in [2.24, 2.45) is 0 Å². The van der Waals surface area contributed by atoms with Crippen LogP contribution in [0.2, 0.25) is 0 Å². The third kappa shape index (κ3) is 2.53. The number of thiophene rings is 1. The Bertz CT molecular complexity index is 511. The smallest absolute Gasteiger partial charge is 0.0973 e. The molecule has 0 spiro atoms. The summed E-state index contributed by atoms with van der Waals surface area (Å²) in [6.45, 7) is 6.21. The van der Waals surface area contributed by atoms with Crippen molar-refractivity contribution in [3.63, 3.8) is 0 Å². The number of halogens is 1. The fraction of sp³-hybridized carbons (Fsp3) is 0.333. The highest BCUT2D eigenvalue weighted by Gasteiger charge is 2.32. The van der Waals surface area contributed by atoms with Crippen molar-refractivity contribution in [1.82, 2.24) is 0 Å². The van der Waals surface area contributed by atoms with E-state index >= 15 is 0 Å². The van der Waals surface area contributed by atoms with Gasteiger partial charge in [-0.25, -0.2) is 0 Å². The molecular weight excluding hydrogens is 308 g/mol. The van der Waals surface area contributed by atoms with Crippen LogP contribution in [0.15, 0.2) is 40.2 Å². The van der Waals surface area contributed by atoms with Gasteiger partial charge in [0.25, 0.3) is 0 Å². The van der Waals surface area contributed by atoms with Crippen molar-refractivity contribution in [3.8, 4) is 0 Å². The highest BCUT2D eigenvalue weighted by Crippen LogP contribution is 2.41. The lowest BCUT2D eigenvalue weighted by molar-refractivity contribution is 0.104. The molecule has 1 unspecified atom stereocenters. The Kier molecular flexibility index (Phi) is 3.95. The van der Waals surface area contributed by atoms with Crippen LogP contribution in [0.5, 0.6) is 0 Å². The first kappa shape index (κ1) is 13.8. The van der Waals surface area contributed by atoms with Gasteiger partial charge in [0.1, 0.15) is 0 Å². The van der Waals surface area contributed by atoms with Gasteiger partial charge in [0.15, 0.2) is 0 Å². The summed E-state index contributed by atoms with van der Waals surface area (Å²) in [6.07, 6.45) is -0.491. The third-order valence-corrected chi connectivity index (χ3v) is 5.54. The molecule has 2 aromatic rings. The number of aliphatic hydroxyl groups excluding tert-OH is 1. The number of aliphatic hydroxyl groups is 1. The Balaban J connectivity index is 2.35. The van der Waals surface area contributed by atoms with E-state index in [4.69, 9.17) is 0 Å². The molecule has 1 N–H and O–H groups in total. The average molecular weight is 325 g/mol. The summed E-state index contributed by atoms with van der Waals surface area (Å²) in [7, 11) is 0. The molecule has 0 bridgehead atoms. The van der Waals surface area contributed by atoms with Crippen LogP contribution in [0.25, 0.3) is 0 Å². The van der Waals surface area contributed by atoms with Crippen molar-refractivity contribution < 1.29 is 5.11 Å². The van der Waals surface area contributed by atoms with Crippen molar-refractivity contribution >= 4 is 27.3 Å². The monoisotopic (exact) mass is 324 g/mol. The molecule has 0 radical (unpaired) electrons. The summed E-state index contributed by atoms with van der Waals surface area (Å²) < 4.78 is 1.10. The molecular formula is C15H17BrOS. The highest BCUT2D eigenvalue weighted by molar-refractivity contribution is 9.11. The average Bonchev–Trinajstić information content (AvgIpc) is 2.69. The maximum Gasteiger partial charge on any atom is 0.0973 e. The zero-order chi connectivity index (χ0) is 13.3. The van der Waals surface area contributed by atoms with E-state index < -0.39 is 6.10 Å². The van der Waals surface area contributed by atoms with Gasteiger partial charge in [0.05, 0.1) is 9.89 Å². The van der Waals surface area contributed by atoms with Gasteiger partial charge in [-0.1, -0.05) is 44.2 Å². The molecule has 96 valence electrons. The summed E-state index contributed by atoms with van der Waals surface area (Å²) in [5.41, 5.74) is 2.04. The molecule has 0 fully saturated rings. The number of benzene rings is 1. The Morgan fingerprint density at radius 3 is 2.33 bits per heavy atom. The topological polar surface area (TPSA) is 20.2 Å². The second-order valence-corrected chi connectivity index (χ2v) is 7.50. The molecule has 0 aliphatic carbocycles. The quantitative estimate of drug-likeness (QED) is 0.857. The molecule has 0 aliphatic rings. The Morgan fingerprint density at radius 1 is 1.22 bits per heavy atom. The predicted molar refractivity (Wildman–Crippen MR) is 81.2 cm³/mol. The van der Waals surface area contributed by atoms with Gasteiger partial charge in [-0.05, 0) is 40.0 Å². The van der Waals surface area contributed by atoms with E-state index in [1.54, 1.807) is 11.3 Å². The predicted octanol–water partition coefficient (Wildman–Crippen LogP) is 4.83. The minimum absolute atomic E-state index is 0.294. The number of hydrogen-bond acceptors (Lipinski definition) is 2. The maximum atomic E-state index is 10.6. The van der Waals surface area contributed by atoms with E-state index in [-0.39, 0.29) is 5.41 Å². The summed E-state index contributed by atoms with van der Waals surface area (Å²) in [6, 6.07) is 12.2. The van der Waals surface area contributed by atoms with Crippen LogP contribution < -0.4 is 0 Å². The number of rotatable bonds is 3. The molecule has 3 heteroatoms. The van der Waals surface area contributed by atoms with Gasteiger partial charge >= 0.3 is 0 Å². The van der Waals surface area contributed by atoms with Crippen LogP contribution >= 0.6 is 27.3 Å². The zero-order valence-corrected chi connectivity index (χ0v) is 13.2. The van der Waals surface area contributed by atoms with E-state index in [1.807, 2.05) is 25.1 Å². The molecule has 1 nitrogen and oxygen atoms in total. The standard InChI is InChI=1S/C15H17BrOS/c1-10-9-12(18-14(10)16)13(17)15(2,3)11-7-5-4-6-8-11/h4-9,13,17H,1-3H3. The molecule has 1 aromatic carbocycles. The van der Waals surface area contributed by atoms with E-state index in [2.05, 4.69) is 48.0 Å². The van der Waals surface area contributed by atoms with Crippen molar-refractivity contribution in [2.75, 3.05) is 0 Å². The normalized spacial score (nSPS) is 13.6. The van der Waals surface area contributed by atoms with E-state index in [0.717, 1.165) is 14.2 Å². The minimum Gasteiger partial charge on any atom is -0.387 e. The number of hydrogen-bond donors (Lipinski definition) is 1. The molecule has 1 atom stereocenters. The van der Waals surface area contributed by atoms with Crippen molar-refractivity contribution in [2.45, 2.75) is 32.3 Å². The summed E-state index contributed by atoms with van der Waals surface area (Å²) >= 11 is 5.13. The third-order valence-electron chi connectivity index (χ3n) is 3.35. The maximum absolute atomic E-state index is 10.6. The zero-order valence-electron chi connectivity index (χ0n) is 10.8. The fourth-order valence-corrected chi connectivity index (χ4v) is 3.74. The highest BCUT2D eigenvalue weighted by atomic mass is 79.9. The van der Waals surface area contributed by atoms with Gasteiger partial charge < -0.3 is 5.11 Å². The van der Waals surface area contributed by atoms with Gasteiger partial charge in [-0.15, -0.1) is 11.3 Å². The Labute approximate surface area is 121 Å². The van der Waals surface area contributed by atoms with Crippen LogP contribution in [-0.2, 0) is 5.41 Å². The van der Waals surface area contributed by atoms with E-state index in [1.165, 1.54) is 5.56 Å². The molecule has 0 amide bonds. The lowest BCUT2D eigenvalue weighted by Crippen LogP contribution is -2.26. The lowest BCUT2D eigenvalue weighted by atomic mass is 9.79. The summed E-state index contributed by atoms with van der Waals surface area (Å²) in [5.74, 6) is 0. The van der Waals surface area contributed by atoms with Crippen LogP contribution in [0.1, 0.15) is 36.0 Å². The van der Waals surface area contributed by atoms with Gasteiger partial charge in [0, 0.05) is 10.3 Å². The second-order valence-electron chi connectivity index (χ2n) is 5.10. The van der Waals surface area contributed by atoms with Crippen LogP contribution in [0, 0.1) is 6.92 Å². The van der Waals surface area contributed by atoms with E-state index in [9.17, 15) is 5.11 Å². The second kappa shape index (κ2) is 5.16. The van der Waals surface area contributed by atoms with E-state index in [0.29, 0.717) is 0 Å². The van der Waals surface area contributed by atoms with Crippen molar-refractivity contribution in [1.29, 1.82) is 0 Å². The Hall–Kier alpha value is -0.640.